The van der Waals surface area contributed by atoms with Crippen LogP contribution in [0.2, 0.25) is 0 Å². The van der Waals surface area contributed by atoms with Crippen LogP contribution in [-0.4, -0.2) is 19.3 Å². The summed E-state index contributed by atoms with van der Waals surface area (Å²) >= 11 is 0. The van der Waals surface area contributed by atoms with Gasteiger partial charge in [0.05, 0.1) is 7.11 Å². The van der Waals surface area contributed by atoms with Crippen molar-refractivity contribution in [1.82, 2.24) is 0 Å². The Balaban J connectivity index is 4.58. The van der Waals surface area contributed by atoms with Gasteiger partial charge in [-0.3, -0.25) is 0 Å². The average Bonchev–Trinajstić information content (AvgIpc) is 1.86. The third kappa shape index (κ3) is 2.61. The van der Waals surface area contributed by atoms with Gasteiger partial charge in [-0.15, -0.1) is 0 Å². The van der Waals surface area contributed by atoms with Crippen molar-refractivity contribution in [3.8, 4) is 0 Å². The van der Waals surface area contributed by atoms with Gasteiger partial charge in [0.25, 0.3) is 0 Å². The number of halogens is 3. The third-order valence-electron chi connectivity index (χ3n) is 0.999. The molecule has 0 aliphatic heterocycles. The SMILES string of the molecule is C/C=C(/C(=O)OC)C(F)(F)F. The molecular formula is C6H7F3O2. The molecule has 0 fully saturated rings. The molecule has 0 unspecified atom stereocenters. The number of hydrogen-bond acceptors (Lipinski definition) is 2. The highest BCUT2D eigenvalue weighted by Gasteiger charge is 2.38. The van der Waals surface area contributed by atoms with Crippen LogP contribution in [0.25, 0.3) is 0 Å². The quantitative estimate of drug-likeness (QED) is 0.439. The zero-order chi connectivity index (χ0) is 9.07. The molecular weight excluding hydrogens is 161 g/mol. The minimum Gasteiger partial charge on any atom is -0.465 e. The number of hydrogen-bond donors (Lipinski definition) is 0. The molecule has 0 aromatic heterocycles. The maximum absolute atomic E-state index is 11.8. The molecule has 0 heterocycles. The van der Waals surface area contributed by atoms with Gasteiger partial charge >= 0.3 is 12.1 Å². The lowest BCUT2D eigenvalue weighted by Gasteiger charge is -2.07. The summed E-state index contributed by atoms with van der Waals surface area (Å²) in [5, 5.41) is 0. The summed E-state index contributed by atoms with van der Waals surface area (Å²) in [6.07, 6.45) is -3.95. The van der Waals surface area contributed by atoms with Gasteiger partial charge in [-0.05, 0) is 6.92 Å². The zero-order valence-corrected chi connectivity index (χ0v) is 6.03. The van der Waals surface area contributed by atoms with Crippen LogP contribution in [0.15, 0.2) is 11.6 Å². The van der Waals surface area contributed by atoms with Crippen molar-refractivity contribution < 1.29 is 22.7 Å². The van der Waals surface area contributed by atoms with Crippen molar-refractivity contribution in [3.63, 3.8) is 0 Å². The molecule has 0 saturated carbocycles. The van der Waals surface area contributed by atoms with Gasteiger partial charge in [-0.1, -0.05) is 6.08 Å². The maximum atomic E-state index is 11.8. The molecule has 0 aliphatic carbocycles. The Morgan fingerprint density at radius 3 is 2.00 bits per heavy atom. The van der Waals surface area contributed by atoms with Crippen molar-refractivity contribution in [2.75, 3.05) is 7.11 Å². The molecule has 0 aromatic rings. The first-order valence-electron chi connectivity index (χ1n) is 2.75. The summed E-state index contributed by atoms with van der Waals surface area (Å²) in [5.74, 6) is -1.36. The van der Waals surface area contributed by atoms with Crippen LogP contribution in [0, 0.1) is 0 Å². The van der Waals surface area contributed by atoms with Gasteiger partial charge < -0.3 is 4.74 Å². The summed E-state index contributed by atoms with van der Waals surface area (Å²) in [5.41, 5.74) is -1.28. The third-order valence-corrected chi connectivity index (χ3v) is 0.999. The topological polar surface area (TPSA) is 26.3 Å². The van der Waals surface area contributed by atoms with E-state index in [1.807, 2.05) is 0 Å². The molecule has 0 amide bonds. The van der Waals surface area contributed by atoms with Gasteiger partial charge in [0.1, 0.15) is 5.57 Å². The first kappa shape index (κ1) is 10.0. The minimum atomic E-state index is -4.62. The fourth-order valence-electron chi connectivity index (χ4n) is 0.507. The van der Waals surface area contributed by atoms with E-state index in [-0.39, 0.29) is 0 Å². The predicted octanol–water partition coefficient (Wildman–Crippen LogP) is 1.67. The van der Waals surface area contributed by atoms with E-state index >= 15 is 0 Å². The molecule has 64 valence electrons. The maximum Gasteiger partial charge on any atom is 0.423 e. The largest absolute Gasteiger partial charge is 0.465 e. The smallest absolute Gasteiger partial charge is 0.423 e. The lowest BCUT2D eigenvalue weighted by atomic mass is 10.2. The zero-order valence-electron chi connectivity index (χ0n) is 6.03. The number of ether oxygens (including phenoxy) is 1. The summed E-state index contributed by atoms with van der Waals surface area (Å²) in [6, 6.07) is 0. The van der Waals surface area contributed by atoms with Crippen LogP contribution in [0.5, 0.6) is 0 Å². The lowest BCUT2D eigenvalue weighted by Crippen LogP contribution is -2.20. The highest BCUT2D eigenvalue weighted by Crippen LogP contribution is 2.25. The van der Waals surface area contributed by atoms with E-state index in [1.165, 1.54) is 0 Å². The van der Waals surface area contributed by atoms with Gasteiger partial charge in [-0.25, -0.2) is 4.79 Å². The number of carbonyl (C=O) groups is 1. The summed E-state index contributed by atoms with van der Waals surface area (Å²) < 4.78 is 39.3. The van der Waals surface area contributed by atoms with Crippen molar-refractivity contribution in [2.24, 2.45) is 0 Å². The number of rotatable bonds is 1. The molecule has 0 aliphatic rings. The Bertz CT molecular complexity index is 181. The molecule has 0 rings (SSSR count). The second-order valence-corrected chi connectivity index (χ2v) is 1.69. The van der Waals surface area contributed by atoms with E-state index in [0.717, 1.165) is 14.0 Å². The molecule has 0 saturated heterocycles. The highest BCUT2D eigenvalue weighted by atomic mass is 19.4. The van der Waals surface area contributed by atoms with Gasteiger partial charge in [0, 0.05) is 0 Å². The van der Waals surface area contributed by atoms with Crippen LogP contribution in [0.3, 0.4) is 0 Å². The van der Waals surface area contributed by atoms with Gasteiger partial charge in [0.15, 0.2) is 0 Å². The number of methoxy groups -OCH3 is 1. The first-order chi connectivity index (χ1) is 4.93. The molecule has 0 atom stereocenters. The number of alkyl halides is 3. The van der Waals surface area contributed by atoms with Gasteiger partial charge in [0.2, 0.25) is 0 Å². The second kappa shape index (κ2) is 3.41. The molecule has 0 N–H and O–H groups in total. The van der Waals surface area contributed by atoms with E-state index < -0.39 is 17.7 Å². The number of allylic oxidation sites excluding steroid dienone is 1. The Hall–Kier alpha value is -1.00. The van der Waals surface area contributed by atoms with E-state index in [4.69, 9.17) is 0 Å². The van der Waals surface area contributed by atoms with E-state index in [1.54, 1.807) is 0 Å². The summed E-state index contributed by atoms with van der Waals surface area (Å²) in [7, 11) is 0.900. The van der Waals surface area contributed by atoms with Gasteiger partial charge in [-0.2, -0.15) is 13.2 Å². The molecule has 5 heteroatoms. The molecule has 2 nitrogen and oxygen atoms in total. The van der Waals surface area contributed by atoms with Crippen molar-refractivity contribution in [2.45, 2.75) is 13.1 Å². The highest BCUT2D eigenvalue weighted by molar-refractivity contribution is 5.89. The number of carbonyl (C=O) groups excluding carboxylic acids is 1. The molecule has 11 heavy (non-hydrogen) atoms. The summed E-state index contributed by atoms with van der Waals surface area (Å²) in [6.45, 7) is 1.12. The van der Waals surface area contributed by atoms with Crippen molar-refractivity contribution >= 4 is 5.97 Å². The van der Waals surface area contributed by atoms with Crippen LogP contribution < -0.4 is 0 Å². The fraction of sp³-hybridized carbons (Fsp3) is 0.500. The molecule has 0 bridgehead atoms. The Morgan fingerprint density at radius 2 is 1.91 bits per heavy atom. The van der Waals surface area contributed by atoms with Crippen LogP contribution in [0.1, 0.15) is 6.92 Å². The first-order valence-corrected chi connectivity index (χ1v) is 2.75. The Labute approximate surface area is 61.6 Å². The molecule has 0 radical (unpaired) electrons. The fourth-order valence-corrected chi connectivity index (χ4v) is 0.507. The standard InChI is InChI=1S/C6H7F3O2/c1-3-4(5(10)11-2)6(7,8)9/h3H,1-2H3/b4-3-. The van der Waals surface area contributed by atoms with Crippen LogP contribution in [0.4, 0.5) is 13.2 Å². The predicted molar refractivity (Wildman–Crippen MR) is 31.8 cm³/mol. The monoisotopic (exact) mass is 168 g/mol. The van der Waals surface area contributed by atoms with E-state index in [2.05, 4.69) is 4.74 Å². The summed E-state index contributed by atoms with van der Waals surface area (Å²) in [4.78, 5) is 10.4. The average molecular weight is 168 g/mol. The Kier molecular flexibility index (Phi) is 3.10. The normalized spacial score (nSPS) is 13.0. The van der Waals surface area contributed by atoms with Crippen molar-refractivity contribution in [1.29, 1.82) is 0 Å². The van der Waals surface area contributed by atoms with Crippen LogP contribution in [-0.2, 0) is 9.53 Å². The molecule has 0 aromatic carbocycles. The van der Waals surface area contributed by atoms with Crippen molar-refractivity contribution in [3.05, 3.63) is 11.6 Å². The van der Waals surface area contributed by atoms with E-state index in [9.17, 15) is 18.0 Å². The lowest BCUT2D eigenvalue weighted by molar-refractivity contribution is -0.148. The minimum absolute atomic E-state index is 0.672. The second-order valence-electron chi connectivity index (χ2n) is 1.69. The number of esters is 1. The van der Waals surface area contributed by atoms with E-state index in [0.29, 0.717) is 6.08 Å². The Morgan fingerprint density at radius 1 is 1.45 bits per heavy atom. The molecule has 0 spiro atoms. The van der Waals surface area contributed by atoms with Crippen LogP contribution >= 0.6 is 0 Å².